The first-order valence-corrected chi connectivity index (χ1v) is 19.8. The van der Waals surface area contributed by atoms with Crippen LogP contribution in [0, 0.1) is 5.92 Å². The molecule has 16 heteroatoms. The van der Waals surface area contributed by atoms with Crippen molar-refractivity contribution >= 4 is 34.0 Å². The molecule has 1 aromatic rings. The van der Waals surface area contributed by atoms with Gasteiger partial charge < -0.3 is 38.3 Å². The van der Waals surface area contributed by atoms with E-state index in [0.29, 0.717) is 18.2 Å². The van der Waals surface area contributed by atoms with Gasteiger partial charge in [0.25, 0.3) is 10.1 Å². The lowest BCUT2D eigenvalue weighted by Crippen LogP contribution is -2.80. The number of benzene rings is 1. The van der Waals surface area contributed by atoms with Gasteiger partial charge in [-0.2, -0.15) is 8.42 Å². The molecule has 0 amide bonds. The first-order valence-electron chi connectivity index (χ1n) is 18.0. The van der Waals surface area contributed by atoms with Gasteiger partial charge in [-0.1, -0.05) is 43.8 Å². The molecule has 0 saturated carbocycles. The zero-order valence-electron chi connectivity index (χ0n) is 34.2. The molecule has 0 spiro atoms. The van der Waals surface area contributed by atoms with E-state index in [4.69, 9.17) is 37.3 Å². The Morgan fingerprint density at radius 2 is 1.44 bits per heavy atom. The number of hydrogen-bond acceptors (Lipinski definition) is 15. The SMILES string of the molecule is C=C(CC[C@]12O[C@H](C(=O)OC(C)(C)C)[C@@](OC)(C(=O)OC(C)(C)C)[C@](C(=O)OC(C)(C)C)(O1)[C@H](OS(C)(=O)=O)[C@H]2O)[C@@H](OC(C)=O)[C@H](C)Cc1ccccc1. The Kier molecular flexibility index (Phi) is 13.6. The lowest BCUT2D eigenvalue weighted by atomic mass is 9.73. The summed E-state index contributed by atoms with van der Waals surface area (Å²) in [6.07, 6.45) is -7.19. The van der Waals surface area contributed by atoms with Crippen molar-refractivity contribution in [2.24, 2.45) is 5.92 Å². The van der Waals surface area contributed by atoms with E-state index in [-0.39, 0.29) is 12.3 Å². The number of esters is 4. The molecule has 15 nitrogen and oxygen atoms in total. The highest BCUT2D eigenvalue weighted by Crippen LogP contribution is 2.58. The van der Waals surface area contributed by atoms with Crippen molar-refractivity contribution in [1.82, 2.24) is 0 Å². The Morgan fingerprint density at radius 1 is 0.909 bits per heavy atom. The molecule has 0 aromatic heterocycles. The van der Waals surface area contributed by atoms with E-state index in [2.05, 4.69) is 6.58 Å². The van der Waals surface area contributed by atoms with Crippen molar-refractivity contribution in [2.75, 3.05) is 13.4 Å². The number of ether oxygens (including phenoxy) is 7. The monoisotopic (exact) mass is 798 g/mol. The molecule has 310 valence electrons. The Morgan fingerprint density at radius 3 is 1.91 bits per heavy atom. The van der Waals surface area contributed by atoms with Gasteiger partial charge >= 0.3 is 23.9 Å². The van der Waals surface area contributed by atoms with E-state index < -0.39 is 98.6 Å². The van der Waals surface area contributed by atoms with Gasteiger partial charge in [0.15, 0.2) is 11.9 Å². The van der Waals surface area contributed by atoms with Crippen molar-refractivity contribution < 1.29 is 70.0 Å². The summed E-state index contributed by atoms with van der Waals surface area (Å²) in [7, 11) is -3.66. The summed E-state index contributed by atoms with van der Waals surface area (Å²) < 4.78 is 73.0. The summed E-state index contributed by atoms with van der Waals surface area (Å²) in [6, 6.07) is 9.46. The summed E-state index contributed by atoms with van der Waals surface area (Å²) in [6.45, 7) is 20.9. The van der Waals surface area contributed by atoms with Crippen molar-refractivity contribution in [2.45, 2.75) is 154 Å². The predicted octanol–water partition coefficient (Wildman–Crippen LogP) is 4.11. The van der Waals surface area contributed by atoms with Crippen LogP contribution in [0.3, 0.4) is 0 Å². The highest BCUT2D eigenvalue weighted by Gasteiger charge is 2.87. The molecule has 2 fully saturated rings. The van der Waals surface area contributed by atoms with Gasteiger partial charge in [0.05, 0.1) is 6.26 Å². The third-order valence-electron chi connectivity index (χ3n) is 8.74. The summed E-state index contributed by atoms with van der Waals surface area (Å²) in [4.78, 5) is 56.1. The Bertz CT molecular complexity index is 1700. The second-order valence-electron chi connectivity index (χ2n) is 17.1. The third-order valence-corrected chi connectivity index (χ3v) is 9.30. The number of rotatable bonds is 14. The average molecular weight is 799 g/mol. The molecule has 2 saturated heterocycles. The van der Waals surface area contributed by atoms with Gasteiger partial charge in [-0.15, -0.1) is 0 Å². The lowest BCUT2D eigenvalue weighted by Gasteiger charge is -2.53. The summed E-state index contributed by atoms with van der Waals surface area (Å²) in [5.41, 5.74) is -8.72. The van der Waals surface area contributed by atoms with Crippen molar-refractivity contribution in [3.05, 3.63) is 48.0 Å². The van der Waals surface area contributed by atoms with Crippen LogP contribution in [0.5, 0.6) is 0 Å². The Labute approximate surface area is 324 Å². The highest BCUT2D eigenvalue weighted by atomic mass is 32.2. The minimum Gasteiger partial charge on any atom is -0.458 e. The Balaban J connectivity index is 2.33. The molecular weight excluding hydrogens is 740 g/mol. The third kappa shape index (κ3) is 10.3. The number of methoxy groups -OCH3 is 1. The topological polar surface area (TPSA) is 196 Å². The molecule has 2 aliphatic heterocycles. The van der Waals surface area contributed by atoms with Crippen molar-refractivity contribution in [3.8, 4) is 0 Å². The molecule has 1 aromatic carbocycles. The van der Waals surface area contributed by atoms with Crippen molar-refractivity contribution in [1.29, 1.82) is 0 Å². The van der Waals surface area contributed by atoms with Crippen LogP contribution in [-0.2, 0) is 73.1 Å². The average Bonchev–Trinajstić information content (AvgIpc) is 3.20. The second-order valence-corrected chi connectivity index (χ2v) is 18.7. The van der Waals surface area contributed by atoms with Crippen LogP contribution in [0.1, 0.15) is 94.6 Å². The van der Waals surface area contributed by atoms with Gasteiger partial charge in [-0.3, -0.25) is 8.98 Å². The number of fused-ring (bicyclic) bond motifs is 2. The van der Waals surface area contributed by atoms with Crippen molar-refractivity contribution in [3.63, 3.8) is 0 Å². The standard InChI is InChI=1S/C39H58O15S/c1-23(27(48-25(3)40)24(2)22-26-18-16-15-17-19-26)20-21-37-28(41)29(53-55(14,45)46)39(54-37,33(44)52-36(10,11)12)38(47-13,32(43)51-35(7,8)9)30(49-37)31(42)50-34(4,5)6/h15-19,24,27-30,41H,1,20-22H2,2-14H3/t24-,27-,28-,29-,30-,37+,38-,39+/m1/s1. The van der Waals surface area contributed by atoms with Gasteiger partial charge in [0, 0.05) is 26.4 Å². The number of hydrogen-bond donors (Lipinski definition) is 1. The Hall–Kier alpha value is -3.41. The van der Waals surface area contributed by atoms with Gasteiger partial charge in [0.2, 0.25) is 17.3 Å². The molecule has 0 aliphatic carbocycles. The molecule has 55 heavy (non-hydrogen) atoms. The number of aliphatic hydroxyl groups is 1. The van der Waals surface area contributed by atoms with E-state index in [1.165, 1.54) is 48.5 Å². The normalized spacial score (nSPS) is 28.1. The van der Waals surface area contributed by atoms with E-state index in [1.807, 2.05) is 37.3 Å². The maximum atomic E-state index is 14.8. The van der Waals surface area contributed by atoms with Gasteiger partial charge in [-0.25, -0.2) is 14.4 Å². The smallest absolute Gasteiger partial charge is 0.346 e. The maximum Gasteiger partial charge on any atom is 0.346 e. The van der Waals surface area contributed by atoms with Crippen LogP contribution in [-0.4, -0.2) is 109 Å². The van der Waals surface area contributed by atoms with E-state index in [0.717, 1.165) is 12.7 Å². The van der Waals surface area contributed by atoms with E-state index in [1.54, 1.807) is 20.8 Å². The fourth-order valence-electron chi connectivity index (χ4n) is 6.81. The molecule has 3 rings (SSSR count). The number of carbonyl (C=O) groups excluding carboxylic acids is 4. The molecule has 2 bridgehead atoms. The molecule has 0 unspecified atom stereocenters. The zero-order valence-corrected chi connectivity index (χ0v) is 35.0. The van der Waals surface area contributed by atoms with Crippen LogP contribution in [0.15, 0.2) is 42.5 Å². The molecule has 8 atom stereocenters. The van der Waals surface area contributed by atoms with Gasteiger partial charge in [-0.05, 0) is 86.3 Å². The quantitative estimate of drug-likeness (QED) is 0.122. The number of carbonyl (C=O) groups is 4. The fourth-order valence-corrected chi connectivity index (χ4v) is 7.42. The van der Waals surface area contributed by atoms with Crippen LogP contribution >= 0.6 is 0 Å². The summed E-state index contributed by atoms with van der Waals surface area (Å²) >= 11 is 0. The predicted molar refractivity (Wildman–Crippen MR) is 198 cm³/mol. The fraction of sp³-hybridized carbons (Fsp3) is 0.692. The molecular formula is C39H58O15S. The molecule has 1 N–H and O–H groups in total. The van der Waals surface area contributed by atoms with E-state index in [9.17, 15) is 32.7 Å². The van der Waals surface area contributed by atoms with Crippen LogP contribution in [0.2, 0.25) is 0 Å². The molecule has 2 heterocycles. The maximum absolute atomic E-state index is 14.8. The van der Waals surface area contributed by atoms with Gasteiger partial charge in [0.1, 0.15) is 29.0 Å². The minimum absolute atomic E-state index is 0.155. The summed E-state index contributed by atoms with van der Waals surface area (Å²) in [5, 5.41) is 12.2. The van der Waals surface area contributed by atoms with E-state index >= 15 is 0 Å². The summed E-state index contributed by atoms with van der Waals surface area (Å²) in [5.74, 6) is -7.52. The second kappa shape index (κ2) is 16.2. The largest absolute Gasteiger partial charge is 0.458 e. The van der Waals surface area contributed by atoms with Crippen LogP contribution in [0.25, 0.3) is 0 Å². The molecule has 2 aliphatic rings. The van der Waals surface area contributed by atoms with Crippen LogP contribution < -0.4 is 0 Å². The lowest BCUT2D eigenvalue weighted by molar-refractivity contribution is -0.381. The highest BCUT2D eigenvalue weighted by molar-refractivity contribution is 7.86. The first-order chi connectivity index (χ1) is 24.9. The first kappa shape index (κ1) is 46.0. The minimum atomic E-state index is -4.61. The zero-order chi connectivity index (χ0) is 42.2. The molecule has 0 radical (unpaired) electrons. The number of aliphatic hydroxyl groups excluding tert-OH is 1. The van der Waals surface area contributed by atoms with Crippen LogP contribution in [0.4, 0.5) is 0 Å².